The first-order chi connectivity index (χ1) is 9.74. The lowest BCUT2D eigenvalue weighted by molar-refractivity contribution is 0.229. The Labute approximate surface area is 117 Å². The summed E-state index contributed by atoms with van der Waals surface area (Å²) in [6, 6.07) is 16.6. The molecule has 0 radical (unpaired) electrons. The number of benzene rings is 2. The molecule has 2 rings (SSSR count). The lowest BCUT2D eigenvalue weighted by Crippen LogP contribution is -2.00. The molecule has 4 nitrogen and oxygen atoms in total. The number of nitriles is 1. The van der Waals surface area contributed by atoms with Crippen molar-refractivity contribution in [3.05, 3.63) is 59.7 Å². The first kappa shape index (κ1) is 13.9. The Bertz CT molecular complexity index is 605. The van der Waals surface area contributed by atoms with Gasteiger partial charge in [-0.1, -0.05) is 30.3 Å². The molecule has 0 aromatic heterocycles. The van der Waals surface area contributed by atoms with E-state index in [1.165, 1.54) is 7.11 Å². The van der Waals surface area contributed by atoms with E-state index in [9.17, 15) is 5.11 Å². The van der Waals surface area contributed by atoms with Crippen molar-refractivity contribution in [1.29, 1.82) is 5.26 Å². The smallest absolute Gasteiger partial charge is 0.169 e. The molecule has 0 aliphatic rings. The van der Waals surface area contributed by atoms with Crippen LogP contribution < -0.4 is 9.47 Å². The fourth-order valence-electron chi connectivity index (χ4n) is 1.82. The molecular formula is C16H15NO3. The van der Waals surface area contributed by atoms with Crippen LogP contribution in [-0.4, -0.2) is 12.2 Å². The van der Waals surface area contributed by atoms with E-state index in [2.05, 4.69) is 0 Å². The van der Waals surface area contributed by atoms with Gasteiger partial charge in [0.05, 0.1) is 13.2 Å². The van der Waals surface area contributed by atoms with E-state index >= 15 is 0 Å². The summed E-state index contributed by atoms with van der Waals surface area (Å²) >= 11 is 0. The van der Waals surface area contributed by atoms with Crippen LogP contribution in [0, 0.1) is 11.3 Å². The van der Waals surface area contributed by atoms with Crippen LogP contribution in [0.4, 0.5) is 0 Å². The zero-order valence-electron chi connectivity index (χ0n) is 11.1. The highest BCUT2D eigenvalue weighted by Gasteiger charge is 2.13. The van der Waals surface area contributed by atoms with Crippen molar-refractivity contribution in [2.75, 3.05) is 7.11 Å². The molecular weight excluding hydrogens is 254 g/mol. The predicted octanol–water partition coefficient (Wildman–Crippen LogP) is 2.83. The molecule has 1 atom stereocenters. The standard InChI is InChI=1S/C16H15NO3/c1-19-16-9-13(7-8-14(16)15(18)10-17)20-11-12-5-3-2-4-6-12/h2-9,15,18H,11H2,1H3. The van der Waals surface area contributed by atoms with Gasteiger partial charge in [-0.3, -0.25) is 0 Å². The van der Waals surface area contributed by atoms with Crippen LogP contribution in [0.2, 0.25) is 0 Å². The molecule has 0 saturated carbocycles. The van der Waals surface area contributed by atoms with Gasteiger partial charge >= 0.3 is 0 Å². The van der Waals surface area contributed by atoms with Crippen molar-refractivity contribution in [3.8, 4) is 17.6 Å². The van der Waals surface area contributed by atoms with Crippen LogP contribution in [0.25, 0.3) is 0 Å². The van der Waals surface area contributed by atoms with Crippen molar-refractivity contribution < 1.29 is 14.6 Å². The average Bonchev–Trinajstić information content (AvgIpc) is 2.52. The Morgan fingerprint density at radius 3 is 2.60 bits per heavy atom. The van der Waals surface area contributed by atoms with Crippen molar-refractivity contribution in [1.82, 2.24) is 0 Å². The molecule has 1 N–H and O–H groups in total. The predicted molar refractivity (Wildman–Crippen MR) is 74.3 cm³/mol. The van der Waals surface area contributed by atoms with Crippen LogP contribution in [0.15, 0.2) is 48.5 Å². The fraction of sp³-hybridized carbons (Fsp3) is 0.188. The summed E-state index contributed by atoms with van der Waals surface area (Å²) in [6.45, 7) is 0.449. The summed E-state index contributed by atoms with van der Waals surface area (Å²) in [4.78, 5) is 0. The van der Waals surface area contributed by atoms with Gasteiger partial charge in [0, 0.05) is 11.6 Å². The van der Waals surface area contributed by atoms with Crippen LogP contribution >= 0.6 is 0 Å². The van der Waals surface area contributed by atoms with E-state index in [0.29, 0.717) is 23.7 Å². The first-order valence-electron chi connectivity index (χ1n) is 6.17. The molecule has 0 saturated heterocycles. The third-order valence-corrected chi connectivity index (χ3v) is 2.87. The summed E-state index contributed by atoms with van der Waals surface area (Å²) < 4.78 is 10.8. The molecule has 0 fully saturated rings. The van der Waals surface area contributed by atoms with Gasteiger partial charge in [0.25, 0.3) is 0 Å². The zero-order valence-corrected chi connectivity index (χ0v) is 11.1. The van der Waals surface area contributed by atoms with Gasteiger partial charge < -0.3 is 14.6 Å². The Kier molecular flexibility index (Phi) is 4.59. The second-order valence-corrected chi connectivity index (χ2v) is 4.21. The molecule has 1 unspecified atom stereocenters. The minimum Gasteiger partial charge on any atom is -0.496 e. The summed E-state index contributed by atoms with van der Waals surface area (Å²) in [5, 5.41) is 18.3. The van der Waals surface area contributed by atoms with Crippen LogP contribution in [-0.2, 0) is 6.61 Å². The van der Waals surface area contributed by atoms with Gasteiger partial charge in [-0.05, 0) is 17.7 Å². The van der Waals surface area contributed by atoms with Crippen LogP contribution in [0.3, 0.4) is 0 Å². The maximum Gasteiger partial charge on any atom is 0.169 e. The molecule has 0 aliphatic heterocycles. The lowest BCUT2D eigenvalue weighted by Gasteiger charge is -2.12. The van der Waals surface area contributed by atoms with Gasteiger partial charge in [-0.25, -0.2) is 0 Å². The van der Waals surface area contributed by atoms with Crippen LogP contribution in [0.5, 0.6) is 11.5 Å². The number of aliphatic hydroxyl groups is 1. The van der Waals surface area contributed by atoms with E-state index in [0.717, 1.165) is 5.56 Å². The van der Waals surface area contributed by atoms with Crippen LogP contribution in [0.1, 0.15) is 17.2 Å². The first-order valence-corrected chi connectivity index (χ1v) is 6.17. The summed E-state index contributed by atoms with van der Waals surface area (Å²) in [7, 11) is 1.49. The van der Waals surface area contributed by atoms with Crippen molar-refractivity contribution in [3.63, 3.8) is 0 Å². The van der Waals surface area contributed by atoms with Gasteiger partial charge in [0.15, 0.2) is 6.10 Å². The number of ether oxygens (including phenoxy) is 2. The summed E-state index contributed by atoms with van der Waals surface area (Å²) in [6.07, 6.45) is -1.20. The third-order valence-electron chi connectivity index (χ3n) is 2.87. The van der Waals surface area contributed by atoms with E-state index in [1.807, 2.05) is 30.3 Å². The second kappa shape index (κ2) is 6.60. The molecule has 0 spiro atoms. The molecule has 0 aliphatic carbocycles. The zero-order chi connectivity index (χ0) is 14.4. The minimum absolute atomic E-state index is 0.432. The van der Waals surface area contributed by atoms with Gasteiger partial charge in [0.2, 0.25) is 0 Å². The average molecular weight is 269 g/mol. The molecule has 102 valence electrons. The normalized spacial score (nSPS) is 11.4. The number of methoxy groups -OCH3 is 1. The Hall–Kier alpha value is -2.51. The van der Waals surface area contributed by atoms with Gasteiger partial charge in [-0.15, -0.1) is 0 Å². The molecule has 0 bridgehead atoms. The summed E-state index contributed by atoms with van der Waals surface area (Å²) in [5.74, 6) is 1.06. The third kappa shape index (κ3) is 3.28. The molecule has 2 aromatic rings. The largest absolute Gasteiger partial charge is 0.496 e. The molecule has 2 aromatic carbocycles. The molecule has 4 heteroatoms. The Morgan fingerprint density at radius 1 is 1.20 bits per heavy atom. The van der Waals surface area contributed by atoms with E-state index in [4.69, 9.17) is 14.7 Å². The van der Waals surface area contributed by atoms with E-state index in [-0.39, 0.29) is 0 Å². The Balaban J connectivity index is 2.12. The second-order valence-electron chi connectivity index (χ2n) is 4.21. The van der Waals surface area contributed by atoms with Gasteiger partial charge in [-0.2, -0.15) is 5.26 Å². The molecule has 0 heterocycles. The van der Waals surface area contributed by atoms with Crippen molar-refractivity contribution >= 4 is 0 Å². The van der Waals surface area contributed by atoms with Crippen molar-refractivity contribution in [2.45, 2.75) is 12.7 Å². The molecule has 20 heavy (non-hydrogen) atoms. The van der Waals surface area contributed by atoms with E-state index in [1.54, 1.807) is 24.3 Å². The summed E-state index contributed by atoms with van der Waals surface area (Å²) in [5.41, 5.74) is 1.50. The van der Waals surface area contributed by atoms with Gasteiger partial charge in [0.1, 0.15) is 18.1 Å². The number of aliphatic hydroxyl groups excluding tert-OH is 1. The highest BCUT2D eigenvalue weighted by molar-refractivity contribution is 5.43. The fourth-order valence-corrected chi connectivity index (χ4v) is 1.82. The molecule has 0 amide bonds. The number of rotatable bonds is 5. The highest BCUT2D eigenvalue weighted by Crippen LogP contribution is 2.29. The maximum atomic E-state index is 9.56. The number of hydrogen-bond acceptors (Lipinski definition) is 4. The Morgan fingerprint density at radius 2 is 1.95 bits per heavy atom. The van der Waals surface area contributed by atoms with E-state index < -0.39 is 6.10 Å². The lowest BCUT2D eigenvalue weighted by atomic mass is 10.1. The number of nitrogens with zero attached hydrogens (tertiary/aromatic N) is 1. The number of hydrogen-bond donors (Lipinski definition) is 1. The monoisotopic (exact) mass is 269 g/mol. The highest BCUT2D eigenvalue weighted by atomic mass is 16.5. The topological polar surface area (TPSA) is 62.5 Å². The minimum atomic E-state index is -1.20. The quantitative estimate of drug-likeness (QED) is 0.848. The SMILES string of the molecule is COc1cc(OCc2ccccc2)ccc1C(O)C#N. The maximum absolute atomic E-state index is 9.56. The van der Waals surface area contributed by atoms with Crippen molar-refractivity contribution in [2.24, 2.45) is 0 Å².